The average molecular weight is 499 g/mol. The number of aliphatic imine (C=N–C) groups is 1. The summed E-state index contributed by atoms with van der Waals surface area (Å²) in [7, 11) is 4.93. The zero-order chi connectivity index (χ0) is 19.5. The number of amides is 1. The highest BCUT2D eigenvalue weighted by Crippen LogP contribution is 2.24. The summed E-state index contributed by atoms with van der Waals surface area (Å²) in [4.78, 5) is 20.0. The van der Waals surface area contributed by atoms with Crippen LogP contribution in [-0.4, -0.2) is 51.2 Å². The van der Waals surface area contributed by atoms with Crippen molar-refractivity contribution < 1.29 is 14.3 Å². The molecule has 0 aliphatic rings. The number of methoxy groups -OCH3 is 2. The highest BCUT2D eigenvalue weighted by molar-refractivity contribution is 14.0. The van der Waals surface area contributed by atoms with Crippen LogP contribution in [0, 0.1) is 0 Å². The van der Waals surface area contributed by atoms with E-state index in [4.69, 9.17) is 9.47 Å². The van der Waals surface area contributed by atoms with E-state index in [1.165, 1.54) is 6.20 Å². The predicted octanol–water partition coefficient (Wildman–Crippen LogP) is 1.81. The summed E-state index contributed by atoms with van der Waals surface area (Å²) in [5.74, 6) is 1.95. The van der Waals surface area contributed by atoms with Crippen LogP contribution < -0.4 is 25.4 Å². The van der Waals surface area contributed by atoms with E-state index in [0.29, 0.717) is 31.2 Å². The van der Waals surface area contributed by atoms with Crippen LogP contribution in [0.5, 0.6) is 11.5 Å². The molecule has 0 bridgehead atoms. The monoisotopic (exact) mass is 499 g/mol. The molecule has 1 aromatic carbocycles. The van der Waals surface area contributed by atoms with Gasteiger partial charge in [-0.05, 0) is 24.3 Å². The first kappa shape index (κ1) is 23.5. The Hall–Kier alpha value is -2.56. The number of rotatable bonds is 8. The second-order valence-corrected chi connectivity index (χ2v) is 5.53. The quantitative estimate of drug-likeness (QED) is 0.222. The van der Waals surface area contributed by atoms with Gasteiger partial charge in [0.05, 0.1) is 19.8 Å². The van der Waals surface area contributed by atoms with Crippen LogP contribution in [-0.2, 0) is 6.54 Å². The van der Waals surface area contributed by atoms with Gasteiger partial charge < -0.3 is 25.4 Å². The lowest BCUT2D eigenvalue weighted by atomic mass is 10.2. The minimum absolute atomic E-state index is 0. The summed E-state index contributed by atoms with van der Waals surface area (Å²) in [5.41, 5.74) is 1.51. The van der Waals surface area contributed by atoms with Crippen molar-refractivity contribution in [3.63, 3.8) is 0 Å². The Morgan fingerprint density at radius 1 is 1.11 bits per heavy atom. The molecule has 3 N–H and O–H groups in total. The lowest BCUT2D eigenvalue weighted by molar-refractivity contribution is 0.0954. The van der Waals surface area contributed by atoms with Gasteiger partial charge in [-0.3, -0.25) is 14.8 Å². The number of carbonyl (C=O) groups excluding carboxylic acids is 1. The van der Waals surface area contributed by atoms with Crippen molar-refractivity contribution in [3.05, 3.63) is 53.9 Å². The number of nitrogens with zero attached hydrogens (tertiary/aromatic N) is 2. The van der Waals surface area contributed by atoms with Gasteiger partial charge in [-0.15, -0.1) is 24.0 Å². The molecule has 8 nitrogen and oxygen atoms in total. The molecular weight excluding hydrogens is 473 g/mol. The van der Waals surface area contributed by atoms with Gasteiger partial charge in [-0.1, -0.05) is 0 Å². The van der Waals surface area contributed by atoms with Gasteiger partial charge in [-0.25, -0.2) is 0 Å². The summed E-state index contributed by atoms with van der Waals surface area (Å²) in [6.45, 7) is 1.53. The van der Waals surface area contributed by atoms with Gasteiger partial charge in [0.15, 0.2) is 5.96 Å². The molecule has 1 heterocycles. The molecule has 0 saturated carbocycles. The fourth-order valence-corrected chi connectivity index (χ4v) is 2.35. The Morgan fingerprint density at radius 3 is 2.54 bits per heavy atom. The van der Waals surface area contributed by atoms with Crippen molar-refractivity contribution >= 4 is 35.8 Å². The van der Waals surface area contributed by atoms with E-state index in [2.05, 4.69) is 25.9 Å². The molecule has 28 heavy (non-hydrogen) atoms. The molecule has 2 rings (SSSR count). The summed E-state index contributed by atoms with van der Waals surface area (Å²) in [6.07, 6.45) is 3.16. The van der Waals surface area contributed by atoms with Gasteiger partial charge in [-0.2, -0.15) is 0 Å². The van der Waals surface area contributed by atoms with Crippen LogP contribution in [0.3, 0.4) is 0 Å². The molecule has 1 aromatic heterocycles. The van der Waals surface area contributed by atoms with Gasteiger partial charge >= 0.3 is 0 Å². The number of aromatic nitrogens is 1. The van der Waals surface area contributed by atoms with Crippen LogP contribution in [0.25, 0.3) is 0 Å². The molecule has 1 amide bonds. The van der Waals surface area contributed by atoms with Crippen LogP contribution in [0.4, 0.5) is 0 Å². The summed E-state index contributed by atoms with van der Waals surface area (Å²) in [5, 5.41) is 9.19. The maximum atomic E-state index is 11.9. The van der Waals surface area contributed by atoms with Crippen LogP contribution >= 0.6 is 24.0 Å². The maximum Gasteiger partial charge on any atom is 0.252 e. The number of halogens is 1. The zero-order valence-corrected chi connectivity index (χ0v) is 18.5. The van der Waals surface area contributed by atoms with E-state index in [9.17, 15) is 4.79 Å². The lowest BCUT2D eigenvalue weighted by Crippen LogP contribution is -2.41. The highest BCUT2D eigenvalue weighted by Gasteiger charge is 2.07. The van der Waals surface area contributed by atoms with E-state index in [1.54, 1.807) is 39.6 Å². The fraction of sp³-hybridized carbons (Fsp3) is 0.316. The number of pyridine rings is 1. The summed E-state index contributed by atoms with van der Waals surface area (Å²) < 4.78 is 10.6. The van der Waals surface area contributed by atoms with E-state index >= 15 is 0 Å². The molecule has 152 valence electrons. The summed E-state index contributed by atoms with van der Waals surface area (Å²) >= 11 is 0. The predicted molar refractivity (Wildman–Crippen MR) is 120 cm³/mol. The largest absolute Gasteiger partial charge is 0.497 e. The second kappa shape index (κ2) is 12.8. The van der Waals surface area contributed by atoms with Crippen molar-refractivity contribution in [1.82, 2.24) is 20.9 Å². The van der Waals surface area contributed by atoms with Crippen LogP contribution in [0.15, 0.2) is 47.7 Å². The number of ether oxygens (including phenoxy) is 2. The van der Waals surface area contributed by atoms with Crippen molar-refractivity contribution in [3.8, 4) is 11.5 Å². The van der Waals surface area contributed by atoms with E-state index in [0.717, 1.165) is 17.1 Å². The molecule has 0 atom stereocenters. The Balaban J connectivity index is 0.00000392. The molecule has 0 aliphatic carbocycles. The minimum atomic E-state index is -0.157. The smallest absolute Gasteiger partial charge is 0.252 e. The maximum absolute atomic E-state index is 11.9. The first-order valence-corrected chi connectivity index (χ1v) is 8.51. The minimum Gasteiger partial charge on any atom is -0.497 e. The molecule has 0 spiro atoms. The average Bonchev–Trinajstić information content (AvgIpc) is 2.73. The van der Waals surface area contributed by atoms with Gasteiger partial charge in [0.1, 0.15) is 11.5 Å². The number of nitrogens with one attached hydrogen (secondary N) is 3. The third kappa shape index (κ3) is 7.22. The lowest BCUT2D eigenvalue weighted by Gasteiger charge is -2.14. The molecule has 2 aromatic rings. The first-order chi connectivity index (χ1) is 13.2. The Bertz CT molecular complexity index is 771. The molecular formula is C19H26IN5O3. The molecule has 0 saturated heterocycles. The zero-order valence-electron chi connectivity index (χ0n) is 16.2. The Labute approximate surface area is 182 Å². The van der Waals surface area contributed by atoms with Crippen LogP contribution in [0.1, 0.15) is 15.9 Å². The standard InChI is InChI=1S/C19H25N5O3.HI/c1-20-19(23-10-9-22-18(25)15-5-4-8-21-12-15)24-13-14-6-7-16(26-2)11-17(14)27-3;/h4-8,11-12H,9-10,13H2,1-3H3,(H,22,25)(H2,20,23,24);1H. The van der Waals surface area contributed by atoms with E-state index < -0.39 is 0 Å². The number of guanidine groups is 1. The van der Waals surface area contributed by atoms with E-state index in [1.807, 2.05) is 18.2 Å². The van der Waals surface area contributed by atoms with Gasteiger partial charge in [0, 0.05) is 50.7 Å². The first-order valence-electron chi connectivity index (χ1n) is 8.51. The van der Waals surface area contributed by atoms with Gasteiger partial charge in [0.2, 0.25) is 0 Å². The molecule has 0 aliphatic heterocycles. The number of hydrogen-bond acceptors (Lipinski definition) is 5. The molecule has 0 fully saturated rings. The third-order valence-electron chi connectivity index (χ3n) is 3.79. The number of benzene rings is 1. The molecule has 9 heteroatoms. The Morgan fingerprint density at radius 2 is 1.89 bits per heavy atom. The molecule has 0 radical (unpaired) electrons. The van der Waals surface area contributed by atoms with E-state index in [-0.39, 0.29) is 29.9 Å². The number of carbonyl (C=O) groups is 1. The normalized spacial score (nSPS) is 10.5. The van der Waals surface area contributed by atoms with Crippen LogP contribution in [0.2, 0.25) is 0 Å². The fourth-order valence-electron chi connectivity index (χ4n) is 2.35. The highest BCUT2D eigenvalue weighted by atomic mass is 127. The number of hydrogen-bond donors (Lipinski definition) is 3. The molecule has 0 unspecified atom stereocenters. The topological polar surface area (TPSA) is 96.9 Å². The Kier molecular flexibility index (Phi) is 10.7. The third-order valence-corrected chi connectivity index (χ3v) is 3.79. The SMILES string of the molecule is CN=C(NCCNC(=O)c1cccnc1)NCc1ccc(OC)cc1OC.I. The van der Waals surface area contributed by atoms with Gasteiger partial charge in [0.25, 0.3) is 5.91 Å². The van der Waals surface area contributed by atoms with Crippen molar-refractivity contribution in [2.45, 2.75) is 6.54 Å². The van der Waals surface area contributed by atoms with Crippen molar-refractivity contribution in [2.75, 3.05) is 34.4 Å². The summed E-state index contributed by atoms with van der Waals surface area (Å²) in [6, 6.07) is 9.10. The second-order valence-electron chi connectivity index (χ2n) is 5.53. The van der Waals surface area contributed by atoms with Crippen molar-refractivity contribution in [2.24, 2.45) is 4.99 Å². The van der Waals surface area contributed by atoms with Crippen molar-refractivity contribution in [1.29, 1.82) is 0 Å².